The van der Waals surface area contributed by atoms with Crippen molar-refractivity contribution in [3.05, 3.63) is 90.3 Å². The zero-order valence-corrected chi connectivity index (χ0v) is 14.5. The summed E-state index contributed by atoms with van der Waals surface area (Å²) in [5.41, 5.74) is 1.18. The minimum Gasteiger partial charge on any atom is -0.335 e. The van der Waals surface area contributed by atoms with Crippen molar-refractivity contribution in [3.8, 4) is 0 Å². The molecule has 0 aliphatic rings. The maximum atomic E-state index is 13.8. The summed E-state index contributed by atoms with van der Waals surface area (Å²) in [4.78, 5) is 21.0. The van der Waals surface area contributed by atoms with Crippen molar-refractivity contribution in [3.63, 3.8) is 0 Å². The quantitative estimate of drug-likeness (QED) is 0.531. The number of hydrogen-bond acceptors (Lipinski definition) is 4. The fourth-order valence-corrected chi connectivity index (χ4v) is 2.79. The molecule has 0 spiro atoms. The SMILES string of the molecule is O=C(Nc1cccc2cccnc12)c1ccnc(Nc2c(F)cccc2F)c1. The van der Waals surface area contributed by atoms with Gasteiger partial charge in [0.2, 0.25) is 0 Å². The van der Waals surface area contributed by atoms with Crippen molar-refractivity contribution < 1.29 is 13.6 Å². The Morgan fingerprint density at radius 3 is 2.43 bits per heavy atom. The largest absolute Gasteiger partial charge is 0.335 e. The molecule has 0 fully saturated rings. The van der Waals surface area contributed by atoms with Crippen molar-refractivity contribution in [1.29, 1.82) is 0 Å². The van der Waals surface area contributed by atoms with E-state index >= 15 is 0 Å². The molecule has 0 bridgehead atoms. The van der Waals surface area contributed by atoms with Crippen LogP contribution in [0.1, 0.15) is 10.4 Å². The highest BCUT2D eigenvalue weighted by Gasteiger charge is 2.13. The first kappa shape index (κ1) is 17.5. The molecule has 2 aromatic heterocycles. The number of benzene rings is 2. The second-order valence-corrected chi connectivity index (χ2v) is 5.99. The number of amides is 1. The van der Waals surface area contributed by atoms with E-state index in [-0.39, 0.29) is 17.1 Å². The van der Waals surface area contributed by atoms with Crippen LogP contribution in [0.15, 0.2) is 73.1 Å². The average molecular weight is 376 g/mol. The molecule has 5 nitrogen and oxygen atoms in total. The number of para-hydroxylation sites is 2. The molecule has 28 heavy (non-hydrogen) atoms. The molecule has 2 aromatic carbocycles. The lowest BCUT2D eigenvalue weighted by atomic mass is 10.1. The van der Waals surface area contributed by atoms with Gasteiger partial charge in [0.1, 0.15) is 23.1 Å². The highest BCUT2D eigenvalue weighted by molar-refractivity contribution is 6.08. The molecule has 2 heterocycles. The van der Waals surface area contributed by atoms with Crippen LogP contribution in [0, 0.1) is 11.6 Å². The standard InChI is InChI=1S/C21H14F2N4O/c22-15-6-2-7-16(23)20(15)27-18-12-14(9-11-24-18)21(28)26-17-8-1-4-13-5-3-10-25-19(13)17/h1-12H,(H,24,27)(H,26,28). The monoisotopic (exact) mass is 376 g/mol. The molecule has 0 radical (unpaired) electrons. The van der Waals surface area contributed by atoms with Gasteiger partial charge >= 0.3 is 0 Å². The summed E-state index contributed by atoms with van der Waals surface area (Å²) in [6.07, 6.45) is 3.03. The highest BCUT2D eigenvalue weighted by atomic mass is 19.1. The highest BCUT2D eigenvalue weighted by Crippen LogP contribution is 2.24. The molecule has 0 saturated heterocycles. The first-order valence-corrected chi connectivity index (χ1v) is 8.44. The van der Waals surface area contributed by atoms with Crippen molar-refractivity contribution in [2.45, 2.75) is 0 Å². The smallest absolute Gasteiger partial charge is 0.255 e. The summed E-state index contributed by atoms with van der Waals surface area (Å²) in [6, 6.07) is 15.6. The van der Waals surface area contributed by atoms with E-state index in [9.17, 15) is 13.6 Å². The van der Waals surface area contributed by atoms with Crippen LogP contribution in [0.2, 0.25) is 0 Å². The third-order valence-electron chi connectivity index (χ3n) is 4.12. The van der Waals surface area contributed by atoms with Gasteiger partial charge in [0.05, 0.1) is 11.2 Å². The van der Waals surface area contributed by atoms with Gasteiger partial charge in [-0.05, 0) is 36.4 Å². The molecule has 2 N–H and O–H groups in total. The molecule has 0 aliphatic carbocycles. The summed E-state index contributed by atoms with van der Waals surface area (Å²) in [7, 11) is 0. The van der Waals surface area contributed by atoms with Gasteiger partial charge in [-0.1, -0.05) is 24.3 Å². The van der Waals surface area contributed by atoms with Crippen LogP contribution in [-0.2, 0) is 0 Å². The van der Waals surface area contributed by atoms with Crippen molar-refractivity contribution in [2.75, 3.05) is 10.6 Å². The van der Waals surface area contributed by atoms with Crippen molar-refractivity contribution >= 4 is 34.0 Å². The summed E-state index contributed by atoms with van der Waals surface area (Å²) < 4.78 is 27.6. The third-order valence-corrected chi connectivity index (χ3v) is 4.12. The first-order valence-electron chi connectivity index (χ1n) is 8.44. The fraction of sp³-hybridized carbons (Fsp3) is 0. The Hall–Kier alpha value is -3.87. The van der Waals surface area contributed by atoms with Crippen LogP contribution >= 0.6 is 0 Å². The minimum atomic E-state index is -0.751. The van der Waals surface area contributed by atoms with E-state index in [1.165, 1.54) is 24.4 Å². The van der Waals surface area contributed by atoms with Crippen LogP contribution in [0.25, 0.3) is 10.9 Å². The zero-order chi connectivity index (χ0) is 19.5. The van der Waals surface area contributed by atoms with Gasteiger partial charge < -0.3 is 10.6 Å². The Bertz CT molecular complexity index is 1150. The molecule has 4 rings (SSSR count). The van der Waals surface area contributed by atoms with Crippen molar-refractivity contribution in [2.24, 2.45) is 0 Å². The predicted octanol–water partition coefficient (Wildman–Crippen LogP) is 4.90. The Morgan fingerprint density at radius 2 is 1.61 bits per heavy atom. The minimum absolute atomic E-state index is 0.146. The summed E-state index contributed by atoms with van der Waals surface area (Å²) in [5, 5.41) is 6.28. The topological polar surface area (TPSA) is 66.9 Å². The lowest BCUT2D eigenvalue weighted by Gasteiger charge is -2.10. The van der Waals surface area contributed by atoms with Crippen molar-refractivity contribution in [1.82, 2.24) is 9.97 Å². The summed E-state index contributed by atoms with van der Waals surface area (Å²) in [6.45, 7) is 0. The average Bonchev–Trinajstić information content (AvgIpc) is 2.71. The molecular weight excluding hydrogens is 362 g/mol. The number of pyridine rings is 2. The summed E-state index contributed by atoms with van der Waals surface area (Å²) in [5.74, 6) is -1.75. The second kappa shape index (κ2) is 7.40. The molecule has 0 atom stereocenters. The van der Waals surface area contributed by atoms with E-state index in [2.05, 4.69) is 20.6 Å². The normalized spacial score (nSPS) is 10.6. The van der Waals surface area contributed by atoms with Gasteiger partial charge in [-0.15, -0.1) is 0 Å². The fourth-order valence-electron chi connectivity index (χ4n) is 2.79. The third kappa shape index (κ3) is 3.50. The molecule has 0 unspecified atom stereocenters. The number of rotatable bonds is 4. The number of aromatic nitrogens is 2. The van der Waals surface area contributed by atoms with Gasteiger partial charge in [0.25, 0.3) is 5.91 Å². The number of fused-ring (bicyclic) bond motifs is 1. The molecule has 7 heteroatoms. The Morgan fingerprint density at radius 1 is 0.857 bits per heavy atom. The Balaban J connectivity index is 1.59. The van der Waals surface area contributed by atoms with Crippen LogP contribution in [0.3, 0.4) is 0 Å². The summed E-state index contributed by atoms with van der Waals surface area (Å²) >= 11 is 0. The van der Waals surface area contributed by atoms with Gasteiger partial charge in [-0.25, -0.2) is 13.8 Å². The molecule has 0 aliphatic heterocycles. The van der Waals surface area contributed by atoms with Gasteiger partial charge in [-0.3, -0.25) is 9.78 Å². The van der Waals surface area contributed by atoms with Crippen LogP contribution in [-0.4, -0.2) is 15.9 Å². The van der Waals surface area contributed by atoms with E-state index in [0.29, 0.717) is 11.2 Å². The van der Waals surface area contributed by atoms with Gasteiger partial charge in [0.15, 0.2) is 0 Å². The number of carbonyl (C=O) groups is 1. The molecule has 138 valence electrons. The Labute approximate surface area is 159 Å². The number of anilines is 3. The van der Waals surface area contributed by atoms with E-state index in [4.69, 9.17) is 0 Å². The number of carbonyl (C=O) groups excluding carboxylic acids is 1. The lowest BCUT2D eigenvalue weighted by Crippen LogP contribution is -2.13. The molecule has 0 saturated carbocycles. The van der Waals surface area contributed by atoms with E-state index in [1.807, 2.05) is 24.3 Å². The lowest BCUT2D eigenvalue weighted by molar-refractivity contribution is 0.102. The van der Waals surface area contributed by atoms with E-state index < -0.39 is 17.5 Å². The van der Waals surface area contributed by atoms with Crippen LogP contribution in [0.4, 0.5) is 26.0 Å². The second-order valence-electron chi connectivity index (χ2n) is 5.99. The maximum absolute atomic E-state index is 13.8. The van der Waals surface area contributed by atoms with E-state index in [0.717, 1.165) is 17.5 Å². The molecule has 1 amide bonds. The first-order chi connectivity index (χ1) is 13.6. The van der Waals surface area contributed by atoms with E-state index in [1.54, 1.807) is 12.3 Å². The van der Waals surface area contributed by atoms with Crippen LogP contribution in [0.5, 0.6) is 0 Å². The number of hydrogen-bond donors (Lipinski definition) is 2. The molecular formula is C21H14F2N4O. The van der Waals surface area contributed by atoms with Gasteiger partial charge in [-0.2, -0.15) is 0 Å². The number of nitrogens with zero attached hydrogens (tertiary/aromatic N) is 2. The Kier molecular flexibility index (Phi) is 4.63. The van der Waals surface area contributed by atoms with Gasteiger partial charge in [0, 0.05) is 23.3 Å². The number of nitrogens with one attached hydrogen (secondary N) is 2. The zero-order valence-electron chi connectivity index (χ0n) is 14.5. The number of halogens is 2. The van der Waals surface area contributed by atoms with Crippen LogP contribution < -0.4 is 10.6 Å². The molecule has 4 aromatic rings. The predicted molar refractivity (Wildman–Crippen MR) is 104 cm³/mol. The maximum Gasteiger partial charge on any atom is 0.255 e.